The maximum absolute atomic E-state index is 12.1. The molecule has 1 heterocycles. The van der Waals surface area contributed by atoms with E-state index in [2.05, 4.69) is 10.5 Å². The summed E-state index contributed by atoms with van der Waals surface area (Å²) >= 11 is 0. The Morgan fingerprint density at radius 3 is 2.62 bits per heavy atom. The molecule has 0 bridgehead atoms. The molecule has 0 saturated heterocycles. The second-order valence-corrected chi connectivity index (χ2v) is 6.01. The maximum atomic E-state index is 12.1. The van der Waals surface area contributed by atoms with Crippen LogP contribution in [0.2, 0.25) is 0 Å². The van der Waals surface area contributed by atoms with Crippen molar-refractivity contribution < 1.29 is 19.2 Å². The van der Waals surface area contributed by atoms with Gasteiger partial charge in [-0.2, -0.15) is 0 Å². The topological polar surface area (TPSA) is 92.4 Å². The van der Waals surface area contributed by atoms with Crippen molar-refractivity contribution in [2.24, 2.45) is 5.41 Å². The van der Waals surface area contributed by atoms with Gasteiger partial charge in [-0.05, 0) is 17.5 Å². The van der Waals surface area contributed by atoms with E-state index in [0.29, 0.717) is 11.3 Å². The van der Waals surface area contributed by atoms with Crippen LogP contribution in [0.5, 0.6) is 0 Å². The first-order chi connectivity index (χ1) is 9.79. The number of carbonyl (C=O) groups excluding carboxylic acids is 1. The van der Waals surface area contributed by atoms with Crippen molar-refractivity contribution in [2.45, 2.75) is 33.2 Å². The molecule has 1 amide bonds. The SMILES string of the molecule is CC(C)(C)C(NC(=O)Cc1noc2ccccc12)C(=O)O. The van der Waals surface area contributed by atoms with E-state index in [4.69, 9.17) is 4.52 Å². The van der Waals surface area contributed by atoms with Gasteiger partial charge in [0.2, 0.25) is 5.91 Å². The largest absolute Gasteiger partial charge is 0.480 e. The van der Waals surface area contributed by atoms with Crippen LogP contribution in [0.3, 0.4) is 0 Å². The van der Waals surface area contributed by atoms with Crippen LogP contribution in [-0.4, -0.2) is 28.2 Å². The number of nitrogens with zero attached hydrogens (tertiary/aromatic N) is 1. The number of fused-ring (bicyclic) bond motifs is 1. The van der Waals surface area contributed by atoms with E-state index >= 15 is 0 Å². The highest BCUT2D eigenvalue weighted by Crippen LogP contribution is 2.21. The summed E-state index contributed by atoms with van der Waals surface area (Å²) < 4.78 is 5.12. The fraction of sp³-hybridized carbons (Fsp3) is 0.400. The van der Waals surface area contributed by atoms with E-state index in [1.165, 1.54) is 0 Å². The zero-order valence-electron chi connectivity index (χ0n) is 12.2. The van der Waals surface area contributed by atoms with Crippen LogP contribution in [0.15, 0.2) is 28.8 Å². The van der Waals surface area contributed by atoms with E-state index in [1.54, 1.807) is 26.8 Å². The number of carboxylic acid groups (broad SMARTS) is 1. The number of carboxylic acids is 1. The van der Waals surface area contributed by atoms with Gasteiger partial charge in [-0.15, -0.1) is 0 Å². The van der Waals surface area contributed by atoms with E-state index in [1.807, 2.05) is 18.2 Å². The maximum Gasteiger partial charge on any atom is 0.326 e. The van der Waals surface area contributed by atoms with Crippen molar-refractivity contribution in [1.82, 2.24) is 10.5 Å². The number of aromatic nitrogens is 1. The minimum absolute atomic E-state index is 0.0170. The number of hydrogen-bond donors (Lipinski definition) is 2. The molecule has 0 aliphatic heterocycles. The van der Waals surface area contributed by atoms with Gasteiger partial charge < -0.3 is 14.9 Å². The zero-order valence-corrected chi connectivity index (χ0v) is 12.2. The van der Waals surface area contributed by atoms with Crippen molar-refractivity contribution in [3.05, 3.63) is 30.0 Å². The number of amides is 1. The van der Waals surface area contributed by atoms with Crippen LogP contribution in [0, 0.1) is 5.41 Å². The van der Waals surface area contributed by atoms with E-state index in [9.17, 15) is 14.7 Å². The average molecular weight is 290 g/mol. The molecule has 1 aromatic heterocycles. The minimum Gasteiger partial charge on any atom is -0.480 e. The Labute approximate surface area is 122 Å². The molecule has 0 fully saturated rings. The third kappa shape index (κ3) is 3.39. The van der Waals surface area contributed by atoms with Gasteiger partial charge in [0.05, 0.1) is 6.42 Å². The van der Waals surface area contributed by atoms with E-state index in [-0.39, 0.29) is 6.42 Å². The third-order valence-electron chi connectivity index (χ3n) is 3.20. The van der Waals surface area contributed by atoms with Crippen LogP contribution in [0.25, 0.3) is 11.0 Å². The zero-order chi connectivity index (χ0) is 15.6. The lowest BCUT2D eigenvalue weighted by molar-refractivity contribution is -0.144. The molecule has 2 aromatic rings. The number of hydrogen-bond acceptors (Lipinski definition) is 4. The molecule has 21 heavy (non-hydrogen) atoms. The summed E-state index contributed by atoms with van der Waals surface area (Å²) in [5, 5.41) is 16.4. The van der Waals surface area contributed by atoms with Crippen molar-refractivity contribution in [2.75, 3.05) is 0 Å². The summed E-state index contributed by atoms with van der Waals surface area (Å²) in [4.78, 5) is 23.3. The first-order valence-corrected chi connectivity index (χ1v) is 6.64. The quantitative estimate of drug-likeness (QED) is 0.898. The first-order valence-electron chi connectivity index (χ1n) is 6.64. The molecule has 112 valence electrons. The summed E-state index contributed by atoms with van der Waals surface area (Å²) in [6.07, 6.45) is -0.0170. The van der Waals surface area contributed by atoms with Gasteiger partial charge >= 0.3 is 5.97 Å². The Morgan fingerprint density at radius 1 is 1.33 bits per heavy atom. The summed E-state index contributed by atoms with van der Waals surface area (Å²) in [5.74, 6) is -1.45. The molecule has 6 nitrogen and oxygen atoms in total. The van der Waals surface area contributed by atoms with Crippen molar-refractivity contribution in [3.8, 4) is 0 Å². The minimum atomic E-state index is -1.05. The van der Waals surface area contributed by atoms with Gasteiger partial charge in [-0.1, -0.05) is 38.1 Å². The molecule has 1 unspecified atom stereocenters. The Balaban J connectivity index is 2.13. The summed E-state index contributed by atoms with van der Waals surface area (Å²) in [6.45, 7) is 5.28. The first kappa shape index (κ1) is 15.0. The fourth-order valence-electron chi connectivity index (χ4n) is 2.08. The van der Waals surface area contributed by atoms with E-state index < -0.39 is 23.3 Å². The molecular formula is C15H18N2O4. The third-order valence-corrected chi connectivity index (χ3v) is 3.20. The van der Waals surface area contributed by atoms with Crippen molar-refractivity contribution in [1.29, 1.82) is 0 Å². The van der Waals surface area contributed by atoms with Gasteiger partial charge in [0.1, 0.15) is 11.7 Å². The molecule has 1 atom stereocenters. The fourth-order valence-corrected chi connectivity index (χ4v) is 2.08. The Bertz CT molecular complexity index is 670. The van der Waals surface area contributed by atoms with Crippen molar-refractivity contribution in [3.63, 3.8) is 0 Å². The normalized spacial score (nSPS) is 13.1. The van der Waals surface area contributed by atoms with Gasteiger partial charge in [-0.25, -0.2) is 4.79 Å². The highest BCUT2D eigenvalue weighted by molar-refractivity contribution is 5.88. The van der Waals surface area contributed by atoms with Crippen LogP contribution in [0.1, 0.15) is 26.5 Å². The number of nitrogens with one attached hydrogen (secondary N) is 1. The lowest BCUT2D eigenvalue weighted by atomic mass is 9.86. The number of rotatable bonds is 4. The monoisotopic (exact) mass is 290 g/mol. The predicted octanol–water partition coefficient (Wildman–Crippen LogP) is 1.99. The predicted molar refractivity (Wildman–Crippen MR) is 76.7 cm³/mol. The van der Waals surface area contributed by atoms with Gasteiger partial charge in [0, 0.05) is 5.39 Å². The molecular weight excluding hydrogens is 272 g/mol. The smallest absolute Gasteiger partial charge is 0.326 e. The molecule has 1 aromatic carbocycles. The molecule has 2 rings (SSSR count). The molecule has 2 N–H and O–H groups in total. The molecule has 0 saturated carbocycles. The van der Waals surface area contributed by atoms with E-state index in [0.717, 1.165) is 5.39 Å². The Kier molecular flexibility index (Phi) is 3.97. The molecule has 0 aliphatic rings. The molecule has 0 spiro atoms. The van der Waals surface area contributed by atoms with Crippen LogP contribution >= 0.6 is 0 Å². The number of para-hydroxylation sites is 1. The highest BCUT2D eigenvalue weighted by Gasteiger charge is 2.32. The summed E-state index contributed by atoms with van der Waals surface area (Å²) in [6, 6.07) is 6.27. The number of benzene rings is 1. The molecule has 0 aliphatic carbocycles. The Morgan fingerprint density at radius 2 is 2.00 bits per heavy atom. The number of aliphatic carboxylic acids is 1. The molecule has 0 radical (unpaired) electrons. The Hall–Kier alpha value is -2.37. The average Bonchev–Trinajstić information content (AvgIpc) is 2.78. The lowest BCUT2D eigenvalue weighted by Crippen LogP contribution is -2.49. The second kappa shape index (κ2) is 5.55. The van der Waals surface area contributed by atoms with Crippen LogP contribution in [-0.2, 0) is 16.0 Å². The van der Waals surface area contributed by atoms with Gasteiger partial charge in [0.25, 0.3) is 0 Å². The van der Waals surface area contributed by atoms with Crippen LogP contribution in [0.4, 0.5) is 0 Å². The number of carbonyl (C=O) groups is 2. The lowest BCUT2D eigenvalue weighted by Gasteiger charge is -2.27. The molecule has 6 heteroatoms. The van der Waals surface area contributed by atoms with Gasteiger partial charge in [0.15, 0.2) is 5.58 Å². The van der Waals surface area contributed by atoms with Crippen molar-refractivity contribution >= 4 is 22.8 Å². The summed E-state index contributed by atoms with van der Waals surface area (Å²) in [5.41, 5.74) is 0.528. The highest BCUT2D eigenvalue weighted by atomic mass is 16.5. The second-order valence-electron chi connectivity index (χ2n) is 6.01. The van der Waals surface area contributed by atoms with Gasteiger partial charge in [-0.3, -0.25) is 4.79 Å². The summed E-state index contributed by atoms with van der Waals surface area (Å²) in [7, 11) is 0. The van der Waals surface area contributed by atoms with Crippen LogP contribution < -0.4 is 5.32 Å². The standard InChI is InChI=1S/C15H18N2O4/c1-15(2,3)13(14(19)20)16-12(18)8-10-9-6-4-5-7-11(9)21-17-10/h4-7,13H,8H2,1-3H3,(H,16,18)(H,19,20).